The lowest BCUT2D eigenvalue weighted by molar-refractivity contribution is -0.205. The number of hydrogen-bond donors (Lipinski definition) is 5. The Balaban J connectivity index is 4.40. The van der Waals surface area contributed by atoms with Gasteiger partial charge in [0.15, 0.2) is 6.29 Å². The van der Waals surface area contributed by atoms with E-state index >= 15 is 0 Å². The average molecular weight is 198 g/mol. The Labute approximate surface area is 72.9 Å². The molecule has 6 nitrogen and oxygen atoms in total. The van der Waals surface area contributed by atoms with E-state index in [1.807, 2.05) is 0 Å². The number of carbonyl (C=O) groups is 1. The Hall–Kier alpha value is -0.600. The van der Waals surface area contributed by atoms with Crippen LogP contribution in [0.1, 0.15) is 0 Å². The molecule has 0 unspecified atom stereocenters. The summed E-state index contributed by atoms with van der Waals surface area (Å²) in [5.41, 5.74) is 0. The van der Waals surface area contributed by atoms with E-state index in [1.165, 1.54) is 0 Å². The summed E-state index contributed by atoms with van der Waals surface area (Å²) >= 11 is 0. The van der Waals surface area contributed by atoms with Gasteiger partial charge in [0.1, 0.15) is 18.3 Å². The molecule has 0 spiro atoms. The molecule has 0 bridgehead atoms. The van der Waals surface area contributed by atoms with E-state index < -0.39 is 37.1 Å². The van der Waals surface area contributed by atoms with Crippen LogP contribution in [0.4, 0.5) is 4.39 Å². The quantitative estimate of drug-likeness (QED) is 0.299. The van der Waals surface area contributed by atoms with Crippen molar-refractivity contribution in [1.82, 2.24) is 0 Å². The second-order valence-electron chi connectivity index (χ2n) is 2.53. The number of alkyl halides is 1. The zero-order valence-electron chi connectivity index (χ0n) is 6.54. The summed E-state index contributed by atoms with van der Waals surface area (Å²) in [5, 5.41) is 43.1. The van der Waals surface area contributed by atoms with E-state index in [4.69, 9.17) is 25.5 Å². The Morgan fingerprint density at radius 2 is 1.85 bits per heavy atom. The van der Waals surface area contributed by atoms with Gasteiger partial charge >= 0.3 is 0 Å². The summed E-state index contributed by atoms with van der Waals surface area (Å²) in [6.45, 7) is -0.937. The van der Waals surface area contributed by atoms with Crippen molar-refractivity contribution in [1.29, 1.82) is 0 Å². The predicted molar refractivity (Wildman–Crippen MR) is 37.2 cm³/mol. The summed E-state index contributed by atoms with van der Waals surface area (Å²) < 4.78 is 12.5. The van der Waals surface area contributed by atoms with Crippen LogP contribution in [0.5, 0.6) is 0 Å². The molecule has 0 aromatic carbocycles. The molecule has 0 saturated heterocycles. The van der Waals surface area contributed by atoms with Crippen molar-refractivity contribution in [3.05, 3.63) is 0 Å². The molecule has 0 radical (unpaired) electrons. The van der Waals surface area contributed by atoms with Crippen molar-refractivity contribution in [2.75, 3.05) is 6.61 Å². The summed E-state index contributed by atoms with van der Waals surface area (Å²) in [5.74, 6) is -3.64. The molecule has 0 aliphatic carbocycles. The van der Waals surface area contributed by atoms with Crippen LogP contribution in [0.3, 0.4) is 0 Å². The number of halogens is 1. The highest BCUT2D eigenvalue weighted by Crippen LogP contribution is 2.15. The third kappa shape index (κ3) is 2.98. The molecule has 13 heavy (non-hydrogen) atoms. The van der Waals surface area contributed by atoms with E-state index in [2.05, 4.69) is 0 Å². The van der Waals surface area contributed by atoms with Crippen LogP contribution in [0.15, 0.2) is 0 Å². The van der Waals surface area contributed by atoms with E-state index in [-0.39, 0.29) is 0 Å². The fourth-order valence-electron chi connectivity index (χ4n) is 0.628. The number of hydrogen-bond acceptors (Lipinski definition) is 6. The highest BCUT2D eigenvalue weighted by atomic mass is 19.2. The van der Waals surface area contributed by atoms with Gasteiger partial charge in [0.25, 0.3) is 5.85 Å². The molecule has 0 rings (SSSR count). The molecule has 7 heteroatoms. The van der Waals surface area contributed by atoms with Crippen LogP contribution in [0.2, 0.25) is 0 Å². The molecule has 0 aliphatic heterocycles. The predicted octanol–water partition coefficient (Wildman–Crippen LogP) is -3.08. The Bertz CT molecular complexity index is 173. The zero-order valence-corrected chi connectivity index (χ0v) is 6.54. The lowest BCUT2D eigenvalue weighted by atomic mass is 10.0. The van der Waals surface area contributed by atoms with E-state index in [0.29, 0.717) is 0 Å². The van der Waals surface area contributed by atoms with E-state index in [1.54, 1.807) is 0 Å². The summed E-state index contributed by atoms with van der Waals surface area (Å²) in [7, 11) is 0. The van der Waals surface area contributed by atoms with Crippen molar-refractivity contribution in [3.63, 3.8) is 0 Å². The largest absolute Gasteiger partial charge is 0.394 e. The minimum atomic E-state index is -3.64. The van der Waals surface area contributed by atoms with Gasteiger partial charge in [-0.15, -0.1) is 0 Å². The van der Waals surface area contributed by atoms with E-state index in [9.17, 15) is 9.18 Å². The third-order valence-corrected chi connectivity index (χ3v) is 1.48. The second-order valence-corrected chi connectivity index (χ2v) is 2.53. The normalized spacial score (nSPS) is 22.9. The van der Waals surface area contributed by atoms with Gasteiger partial charge in [0, 0.05) is 0 Å². The number of aldehydes is 1. The Morgan fingerprint density at radius 3 is 2.15 bits per heavy atom. The van der Waals surface area contributed by atoms with Gasteiger partial charge < -0.3 is 25.5 Å². The molecule has 4 atom stereocenters. The molecule has 0 fully saturated rings. The lowest BCUT2D eigenvalue weighted by Gasteiger charge is -2.26. The van der Waals surface area contributed by atoms with Gasteiger partial charge in [-0.3, -0.25) is 4.79 Å². The smallest absolute Gasteiger partial charge is 0.291 e. The standard InChI is InChI=1S/C6H11FO6/c7-6(13,2-9)5(12)4(11)3(10)1-8/h2-5,8,10-13H,1H2/t3-,4-,5+,6-/m1/s1. The molecule has 0 heterocycles. The van der Waals surface area contributed by atoms with Crippen LogP contribution < -0.4 is 0 Å². The fourth-order valence-corrected chi connectivity index (χ4v) is 0.628. The minimum absolute atomic E-state index is 0.620. The van der Waals surface area contributed by atoms with E-state index in [0.717, 1.165) is 0 Å². The van der Waals surface area contributed by atoms with Gasteiger partial charge in [-0.05, 0) is 0 Å². The van der Waals surface area contributed by atoms with Crippen molar-refractivity contribution >= 4 is 6.29 Å². The molecule has 0 aromatic rings. The van der Waals surface area contributed by atoms with Crippen LogP contribution in [-0.4, -0.2) is 62.6 Å². The number of aliphatic hydroxyl groups excluding tert-OH is 4. The maximum atomic E-state index is 12.5. The lowest BCUT2D eigenvalue weighted by Crippen LogP contribution is -2.52. The van der Waals surface area contributed by atoms with Gasteiger partial charge in [-0.25, -0.2) is 4.39 Å². The first-order valence-electron chi connectivity index (χ1n) is 3.39. The van der Waals surface area contributed by atoms with Crippen LogP contribution in [0.25, 0.3) is 0 Å². The minimum Gasteiger partial charge on any atom is -0.394 e. The molecule has 5 N–H and O–H groups in total. The van der Waals surface area contributed by atoms with Gasteiger partial charge in [0.2, 0.25) is 0 Å². The van der Waals surface area contributed by atoms with Crippen LogP contribution >= 0.6 is 0 Å². The monoisotopic (exact) mass is 198 g/mol. The summed E-state index contributed by atoms with van der Waals surface area (Å²) in [4.78, 5) is 9.84. The SMILES string of the molecule is O=C[C@](O)(F)[C@@H](O)[C@H](O)[C@H](O)CO. The summed E-state index contributed by atoms with van der Waals surface area (Å²) in [6.07, 6.45) is -7.11. The van der Waals surface area contributed by atoms with Crippen molar-refractivity contribution in [3.8, 4) is 0 Å². The first-order valence-corrected chi connectivity index (χ1v) is 3.39. The second kappa shape index (κ2) is 4.58. The van der Waals surface area contributed by atoms with Crippen molar-refractivity contribution in [2.24, 2.45) is 0 Å². The number of carbonyl (C=O) groups excluding carboxylic acids is 1. The molecule has 78 valence electrons. The highest BCUT2D eigenvalue weighted by molar-refractivity contribution is 5.60. The van der Waals surface area contributed by atoms with Crippen LogP contribution in [0, 0.1) is 0 Å². The maximum absolute atomic E-state index is 12.5. The van der Waals surface area contributed by atoms with Gasteiger partial charge in [-0.1, -0.05) is 0 Å². The maximum Gasteiger partial charge on any atom is 0.291 e. The molecular weight excluding hydrogens is 187 g/mol. The molecular formula is C6H11FO6. The molecule has 0 saturated carbocycles. The number of rotatable bonds is 5. The number of aliphatic hydroxyl groups is 5. The van der Waals surface area contributed by atoms with Crippen LogP contribution in [-0.2, 0) is 4.79 Å². The first kappa shape index (κ1) is 12.4. The topological polar surface area (TPSA) is 118 Å². The first-order chi connectivity index (χ1) is 5.86. The Morgan fingerprint density at radius 1 is 1.38 bits per heavy atom. The zero-order chi connectivity index (χ0) is 10.6. The highest BCUT2D eigenvalue weighted by Gasteiger charge is 2.42. The van der Waals surface area contributed by atoms with Crippen molar-refractivity contribution in [2.45, 2.75) is 24.2 Å². The molecule has 0 amide bonds. The Kier molecular flexibility index (Phi) is 4.37. The molecule has 0 aromatic heterocycles. The summed E-state index contributed by atoms with van der Waals surface area (Å²) in [6, 6.07) is 0. The molecule has 0 aliphatic rings. The third-order valence-electron chi connectivity index (χ3n) is 1.48. The van der Waals surface area contributed by atoms with Crippen molar-refractivity contribution < 1.29 is 34.7 Å². The van der Waals surface area contributed by atoms with Gasteiger partial charge in [0.05, 0.1) is 6.61 Å². The fraction of sp³-hybridized carbons (Fsp3) is 0.833. The van der Waals surface area contributed by atoms with Gasteiger partial charge in [-0.2, -0.15) is 0 Å². The average Bonchev–Trinajstić information content (AvgIpc) is 2.14.